The smallest absolute Gasteiger partial charge is 0.316 e. The van der Waals surface area contributed by atoms with Crippen molar-refractivity contribution in [3.05, 3.63) is 34.3 Å². The van der Waals surface area contributed by atoms with E-state index >= 15 is 0 Å². The SMILES string of the molecule is CC(C)CCCCCCCCCCCC(O)C(C(=O)OCC=O)c1ccc(Br)cc1. The fourth-order valence-electron chi connectivity index (χ4n) is 3.70. The van der Waals surface area contributed by atoms with Gasteiger partial charge in [0.2, 0.25) is 0 Å². The molecule has 4 nitrogen and oxygen atoms in total. The van der Waals surface area contributed by atoms with Gasteiger partial charge < -0.3 is 9.84 Å². The topological polar surface area (TPSA) is 63.6 Å². The zero-order valence-electron chi connectivity index (χ0n) is 18.7. The summed E-state index contributed by atoms with van der Waals surface area (Å²) in [6.45, 7) is 4.29. The Labute approximate surface area is 190 Å². The summed E-state index contributed by atoms with van der Waals surface area (Å²) in [5.74, 6) is -0.492. The van der Waals surface area contributed by atoms with Gasteiger partial charge in [0, 0.05) is 4.47 Å². The van der Waals surface area contributed by atoms with E-state index in [2.05, 4.69) is 29.8 Å². The van der Waals surface area contributed by atoms with E-state index in [1.165, 1.54) is 44.9 Å². The highest BCUT2D eigenvalue weighted by molar-refractivity contribution is 9.10. The lowest BCUT2D eigenvalue weighted by Gasteiger charge is -2.21. The molecule has 0 saturated heterocycles. The predicted molar refractivity (Wildman–Crippen MR) is 126 cm³/mol. The molecule has 2 unspecified atom stereocenters. The van der Waals surface area contributed by atoms with E-state index < -0.39 is 18.0 Å². The standard InChI is InChI=1S/C25H39BrO4/c1-20(2)12-10-8-6-4-3-5-7-9-11-13-23(28)24(25(29)30-19-18-27)21-14-16-22(26)17-15-21/h14-18,20,23-24,28H,3-13,19H2,1-2H3. The van der Waals surface area contributed by atoms with Crippen molar-refractivity contribution in [3.63, 3.8) is 0 Å². The minimum atomic E-state index is -0.814. The van der Waals surface area contributed by atoms with Gasteiger partial charge in [-0.25, -0.2) is 0 Å². The molecule has 0 spiro atoms. The number of hydrogen-bond acceptors (Lipinski definition) is 4. The largest absolute Gasteiger partial charge is 0.457 e. The van der Waals surface area contributed by atoms with Crippen LogP contribution in [0.25, 0.3) is 0 Å². The van der Waals surface area contributed by atoms with Crippen molar-refractivity contribution in [2.45, 2.75) is 96.5 Å². The maximum absolute atomic E-state index is 12.4. The molecule has 0 aliphatic rings. The van der Waals surface area contributed by atoms with Crippen LogP contribution in [0.4, 0.5) is 0 Å². The van der Waals surface area contributed by atoms with Crippen LogP contribution in [0.2, 0.25) is 0 Å². The Morgan fingerprint density at radius 1 is 0.933 bits per heavy atom. The summed E-state index contributed by atoms with van der Waals surface area (Å²) in [5, 5.41) is 10.7. The molecule has 0 aromatic heterocycles. The van der Waals surface area contributed by atoms with Gasteiger partial charge in [-0.05, 0) is 30.0 Å². The number of carbonyl (C=O) groups excluding carboxylic acids is 2. The first-order valence-corrected chi connectivity index (χ1v) is 12.3. The Morgan fingerprint density at radius 2 is 1.43 bits per heavy atom. The lowest BCUT2D eigenvalue weighted by atomic mass is 9.90. The van der Waals surface area contributed by atoms with E-state index in [9.17, 15) is 14.7 Å². The Hall–Kier alpha value is -1.20. The van der Waals surface area contributed by atoms with Gasteiger partial charge in [-0.3, -0.25) is 9.59 Å². The number of rotatable bonds is 17. The first-order valence-electron chi connectivity index (χ1n) is 11.5. The van der Waals surface area contributed by atoms with Crippen LogP contribution in [-0.2, 0) is 14.3 Å². The first kappa shape index (κ1) is 26.8. The minimum absolute atomic E-state index is 0.282. The summed E-state index contributed by atoms with van der Waals surface area (Å²) in [4.78, 5) is 22.9. The minimum Gasteiger partial charge on any atom is -0.457 e. The van der Waals surface area contributed by atoms with Crippen LogP contribution in [0.5, 0.6) is 0 Å². The Bertz CT molecular complexity index is 585. The molecule has 0 bridgehead atoms. The van der Waals surface area contributed by atoms with Crippen molar-refractivity contribution in [3.8, 4) is 0 Å². The summed E-state index contributed by atoms with van der Waals surface area (Å²) in [5.41, 5.74) is 0.707. The van der Waals surface area contributed by atoms with Gasteiger partial charge in [-0.15, -0.1) is 0 Å². The number of aliphatic hydroxyl groups is 1. The van der Waals surface area contributed by atoms with Gasteiger partial charge in [-0.2, -0.15) is 0 Å². The molecule has 0 fully saturated rings. The Morgan fingerprint density at radius 3 is 1.93 bits per heavy atom. The molecule has 0 amide bonds. The second-order valence-electron chi connectivity index (χ2n) is 8.55. The zero-order chi connectivity index (χ0) is 22.2. The van der Waals surface area contributed by atoms with E-state index in [0.717, 1.165) is 29.7 Å². The van der Waals surface area contributed by atoms with Gasteiger partial charge >= 0.3 is 5.97 Å². The third-order valence-electron chi connectivity index (χ3n) is 5.44. The molecule has 1 aromatic carbocycles. The summed E-state index contributed by atoms with van der Waals surface area (Å²) < 4.78 is 5.90. The normalized spacial score (nSPS) is 13.2. The third-order valence-corrected chi connectivity index (χ3v) is 5.97. The molecule has 30 heavy (non-hydrogen) atoms. The molecule has 1 rings (SSSR count). The van der Waals surface area contributed by atoms with Gasteiger partial charge in [0.1, 0.15) is 12.5 Å². The van der Waals surface area contributed by atoms with E-state index in [0.29, 0.717) is 18.3 Å². The second kappa shape index (κ2) is 16.5. The molecule has 0 radical (unpaired) electrons. The van der Waals surface area contributed by atoms with Crippen LogP contribution in [0.1, 0.15) is 96.0 Å². The second-order valence-corrected chi connectivity index (χ2v) is 9.46. The lowest BCUT2D eigenvalue weighted by molar-refractivity contribution is -0.150. The molecule has 1 aromatic rings. The summed E-state index contributed by atoms with van der Waals surface area (Å²) in [6, 6.07) is 7.29. The molecule has 2 atom stereocenters. The first-order chi connectivity index (χ1) is 14.5. The Kier molecular flexibility index (Phi) is 14.7. The van der Waals surface area contributed by atoms with Crippen molar-refractivity contribution >= 4 is 28.2 Å². The van der Waals surface area contributed by atoms with Gasteiger partial charge in [-0.1, -0.05) is 106 Å². The van der Waals surface area contributed by atoms with Gasteiger partial charge in [0.05, 0.1) is 6.10 Å². The number of carbonyl (C=O) groups is 2. The van der Waals surface area contributed by atoms with E-state index in [4.69, 9.17) is 4.74 Å². The van der Waals surface area contributed by atoms with Crippen LogP contribution in [0.15, 0.2) is 28.7 Å². The van der Waals surface area contributed by atoms with Crippen molar-refractivity contribution < 1.29 is 19.4 Å². The average molecular weight is 483 g/mol. The van der Waals surface area contributed by atoms with Crippen molar-refractivity contribution in [2.75, 3.05) is 6.61 Å². The maximum Gasteiger partial charge on any atom is 0.316 e. The number of unbranched alkanes of at least 4 members (excludes halogenated alkanes) is 8. The Balaban J connectivity index is 2.29. The number of aldehydes is 1. The summed E-state index contributed by atoms with van der Waals surface area (Å²) >= 11 is 3.38. The van der Waals surface area contributed by atoms with Gasteiger partial charge in [0.15, 0.2) is 6.29 Å². The van der Waals surface area contributed by atoms with Crippen molar-refractivity contribution in [2.24, 2.45) is 5.92 Å². The number of benzene rings is 1. The summed E-state index contributed by atoms with van der Waals surface area (Å²) in [7, 11) is 0. The van der Waals surface area contributed by atoms with Crippen LogP contribution < -0.4 is 0 Å². The lowest BCUT2D eigenvalue weighted by Crippen LogP contribution is -2.28. The van der Waals surface area contributed by atoms with Gasteiger partial charge in [0.25, 0.3) is 0 Å². The molecule has 0 saturated carbocycles. The molecule has 5 heteroatoms. The molecule has 0 aliphatic carbocycles. The van der Waals surface area contributed by atoms with Crippen LogP contribution in [0, 0.1) is 5.92 Å². The predicted octanol–water partition coefficient (Wildman–Crippen LogP) is 6.58. The fraction of sp³-hybridized carbons (Fsp3) is 0.680. The molecular formula is C25H39BrO4. The molecule has 170 valence electrons. The molecular weight excluding hydrogens is 444 g/mol. The number of esters is 1. The average Bonchev–Trinajstić information content (AvgIpc) is 2.71. The molecule has 0 aliphatic heterocycles. The van der Waals surface area contributed by atoms with E-state index in [1.54, 1.807) is 12.1 Å². The number of aliphatic hydroxyl groups excluding tert-OH is 1. The highest BCUT2D eigenvalue weighted by atomic mass is 79.9. The maximum atomic E-state index is 12.4. The van der Waals surface area contributed by atoms with Crippen LogP contribution in [-0.4, -0.2) is 30.1 Å². The third kappa shape index (κ3) is 11.8. The van der Waals surface area contributed by atoms with E-state index in [1.807, 2.05) is 12.1 Å². The molecule has 0 heterocycles. The fourth-order valence-corrected chi connectivity index (χ4v) is 3.97. The van der Waals surface area contributed by atoms with Crippen LogP contribution in [0.3, 0.4) is 0 Å². The monoisotopic (exact) mass is 482 g/mol. The summed E-state index contributed by atoms with van der Waals surface area (Å²) in [6.07, 6.45) is 12.6. The van der Waals surface area contributed by atoms with E-state index in [-0.39, 0.29) is 6.61 Å². The molecule has 1 N–H and O–H groups in total. The quantitative estimate of drug-likeness (QED) is 0.154. The van der Waals surface area contributed by atoms with Crippen molar-refractivity contribution in [1.82, 2.24) is 0 Å². The number of halogens is 1. The highest BCUT2D eigenvalue weighted by Gasteiger charge is 2.29. The number of ether oxygens (including phenoxy) is 1. The van der Waals surface area contributed by atoms with Crippen molar-refractivity contribution in [1.29, 1.82) is 0 Å². The van der Waals surface area contributed by atoms with Crippen LogP contribution >= 0.6 is 15.9 Å². The highest BCUT2D eigenvalue weighted by Crippen LogP contribution is 2.26. The zero-order valence-corrected chi connectivity index (χ0v) is 20.2. The number of hydrogen-bond donors (Lipinski definition) is 1.